The first-order chi connectivity index (χ1) is 8.08. The Labute approximate surface area is 102 Å². The number of piperidine rings is 1. The molecule has 2 heterocycles. The fourth-order valence-corrected chi connectivity index (χ4v) is 2.27. The predicted molar refractivity (Wildman–Crippen MR) is 67.5 cm³/mol. The van der Waals surface area contributed by atoms with E-state index in [4.69, 9.17) is 5.73 Å². The number of carbonyl (C=O) groups excluding carboxylic acids is 1. The lowest BCUT2D eigenvalue weighted by molar-refractivity contribution is 0.0573. The van der Waals surface area contributed by atoms with E-state index in [0.717, 1.165) is 13.0 Å². The van der Waals surface area contributed by atoms with E-state index in [1.54, 1.807) is 18.3 Å². The van der Waals surface area contributed by atoms with Gasteiger partial charge in [-0.25, -0.2) is 4.98 Å². The molecule has 17 heavy (non-hydrogen) atoms. The first-order valence-corrected chi connectivity index (χ1v) is 6.10. The molecule has 92 valence electrons. The lowest BCUT2D eigenvalue weighted by Gasteiger charge is -2.36. The summed E-state index contributed by atoms with van der Waals surface area (Å²) in [6.45, 7) is 5.13. The summed E-state index contributed by atoms with van der Waals surface area (Å²) in [7, 11) is 0. The minimum Gasteiger partial charge on any atom is -0.384 e. The van der Waals surface area contributed by atoms with Crippen molar-refractivity contribution in [3.8, 4) is 0 Å². The average molecular weight is 233 g/mol. The van der Waals surface area contributed by atoms with Gasteiger partial charge in [0.1, 0.15) is 5.82 Å². The van der Waals surface area contributed by atoms with Gasteiger partial charge in [0.25, 0.3) is 5.91 Å². The number of likely N-dealkylation sites (tertiary alicyclic amines) is 1. The molecule has 2 rings (SSSR count). The molecule has 1 amide bonds. The van der Waals surface area contributed by atoms with Gasteiger partial charge in [0.05, 0.1) is 5.56 Å². The minimum absolute atomic E-state index is 0.0663. The predicted octanol–water partition coefficient (Wildman–Crippen LogP) is 1.92. The maximum Gasteiger partial charge on any atom is 0.255 e. The zero-order valence-electron chi connectivity index (χ0n) is 10.4. The van der Waals surface area contributed by atoms with Crippen molar-refractivity contribution >= 4 is 11.7 Å². The number of aromatic nitrogens is 1. The number of hydrogen-bond acceptors (Lipinski definition) is 3. The summed E-state index contributed by atoms with van der Waals surface area (Å²) >= 11 is 0. The van der Waals surface area contributed by atoms with E-state index in [2.05, 4.69) is 18.8 Å². The molecule has 0 radical (unpaired) electrons. The monoisotopic (exact) mass is 233 g/mol. The van der Waals surface area contributed by atoms with Gasteiger partial charge in [0.15, 0.2) is 0 Å². The van der Waals surface area contributed by atoms with Gasteiger partial charge < -0.3 is 10.6 Å². The largest absolute Gasteiger partial charge is 0.384 e. The molecule has 0 saturated carbocycles. The Bertz CT molecular complexity index is 402. The molecule has 4 nitrogen and oxygen atoms in total. The maximum absolute atomic E-state index is 12.3. The van der Waals surface area contributed by atoms with Crippen LogP contribution < -0.4 is 5.73 Å². The van der Waals surface area contributed by atoms with Crippen LogP contribution in [-0.2, 0) is 0 Å². The van der Waals surface area contributed by atoms with Crippen molar-refractivity contribution in [1.29, 1.82) is 0 Å². The normalized spacial score (nSPS) is 24.7. The van der Waals surface area contributed by atoms with Gasteiger partial charge in [-0.1, -0.05) is 6.92 Å². The molecular weight excluding hydrogens is 214 g/mol. The lowest BCUT2D eigenvalue weighted by atomic mass is 9.94. The molecule has 2 unspecified atom stereocenters. The Morgan fingerprint density at radius 2 is 2.18 bits per heavy atom. The number of nitrogen functional groups attached to an aromatic ring is 1. The lowest BCUT2D eigenvalue weighted by Crippen LogP contribution is -2.44. The number of carbonyl (C=O) groups is 1. The van der Waals surface area contributed by atoms with Gasteiger partial charge in [-0.2, -0.15) is 0 Å². The first-order valence-electron chi connectivity index (χ1n) is 6.10. The van der Waals surface area contributed by atoms with Gasteiger partial charge in [-0.3, -0.25) is 4.79 Å². The van der Waals surface area contributed by atoms with Gasteiger partial charge in [-0.05, 0) is 37.8 Å². The molecule has 1 aliphatic heterocycles. The van der Waals surface area contributed by atoms with Crippen LogP contribution in [0.3, 0.4) is 0 Å². The van der Waals surface area contributed by atoms with E-state index >= 15 is 0 Å². The van der Waals surface area contributed by atoms with Gasteiger partial charge in [0, 0.05) is 18.8 Å². The fraction of sp³-hybridized carbons (Fsp3) is 0.538. The summed E-state index contributed by atoms with van der Waals surface area (Å²) in [4.78, 5) is 18.2. The average Bonchev–Trinajstić information content (AvgIpc) is 2.32. The van der Waals surface area contributed by atoms with Crippen molar-refractivity contribution in [2.24, 2.45) is 5.92 Å². The van der Waals surface area contributed by atoms with Crippen LogP contribution in [0.1, 0.15) is 37.0 Å². The number of amides is 1. The van der Waals surface area contributed by atoms with Crippen LogP contribution >= 0.6 is 0 Å². The van der Waals surface area contributed by atoms with Crippen molar-refractivity contribution < 1.29 is 4.79 Å². The summed E-state index contributed by atoms with van der Waals surface area (Å²) in [6, 6.07) is 3.73. The molecule has 0 aliphatic carbocycles. The van der Waals surface area contributed by atoms with Crippen LogP contribution in [0.15, 0.2) is 18.3 Å². The smallest absolute Gasteiger partial charge is 0.255 e. The molecule has 2 N–H and O–H groups in total. The molecule has 2 atom stereocenters. The molecule has 1 aromatic rings. The summed E-state index contributed by atoms with van der Waals surface area (Å²) in [5, 5.41) is 0. The van der Waals surface area contributed by atoms with Gasteiger partial charge >= 0.3 is 0 Å². The fourth-order valence-electron chi connectivity index (χ4n) is 2.27. The Kier molecular flexibility index (Phi) is 3.31. The zero-order chi connectivity index (χ0) is 12.4. The van der Waals surface area contributed by atoms with E-state index in [1.807, 2.05) is 4.90 Å². The molecule has 0 spiro atoms. The Hall–Kier alpha value is -1.58. The Morgan fingerprint density at radius 3 is 2.82 bits per heavy atom. The number of rotatable bonds is 1. The highest BCUT2D eigenvalue weighted by Crippen LogP contribution is 2.23. The molecule has 0 aromatic carbocycles. The van der Waals surface area contributed by atoms with E-state index in [-0.39, 0.29) is 5.91 Å². The highest BCUT2D eigenvalue weighted by atomic mass is 16.2. The van der Waals surface area contributed by atoms with Crippen molar-refractivity contribution in [3.05, 3.63) is 23.9 Å². The van der Waals surface area contributed by atoms with Crippen molar-refractivity contribution in [2.45, 2.75) is 32.7 Å². The van der Waals surface area contributed by atoms with Crippen LogP contribution in [0.2, 0.25) is 0 Å². The molecule has 1 aromatic heterocycles. The number of nitrogens with two attached hydrogens (primary N) is 1. The number of anilines is 1. The van der Waals surface area contributed by atoms with E-state index in [1.165, 1.54) is 6.42 Å². The summed E-state index contributed by atoms with van der Waals surface area (Å²) < 4.78 is 0. The standard InChI is InChI=1S/C13H19N3O/c1-9-3-4-10(2)16(8-9)13(17)11-5-6-12(14)15-7-11/h5-7,9-10H,3-4,8H2,1-2H3,(H2,14,15). The highest BCUT2D eigenvalue weighted by molar-refractivity contribution is 5.94. The molecule has 4 heteroatoms. The highest BCUT2D eigenvalue weighted by Gasteiger charge is 2.27. The molecular formula is C13H19N3O. The minimum atomic E-state index is 0.0663. The van der Waals surface area contributed by atoms with E-state index in [9.17, 15) is 4.79 Å². The number of pyridine rings is 1. The molecule has 1 aliphatic rings. The SMILES string of the molecule is CC1CCC(C)N(C(=O)c2ccc(N)nc2)C1. The zero-order valence-corrected chi connectivity index (χ0v) is 10.4. The van der Waals surface area contributed by atoms with E-state index < -0.39 is 0 Å². The second-order valence-electron chi connectivity index (χ2n) is 4.96. The van der Waals surface area contributed by atoms with Crippen molar-refractivity contribution in [2.75, 3.05) is 12.3 Å². The van der Waals surface area contributed by atoms with Crippen LogP contribution in [-0.4, -0.2) is 28.4 Å². The third-order valence-corrected chi connectivity index (χ3v) is 3.41. The van der Waals surface area contributed by atoms with Crippen LogP contribution in [0.25, 0.3) is 0 Å². The summed E-state index contributed by atoms with van der Waals surface area (Å²) in [5.74, 6) is 1.09. The molecule has 1 fully saturated rings. The molecule has 0 bridgehead atoms. The summed E-state index contributed by atoms with van der Waals surface area (Å²) in [6.07, 6.45) is 3.84. The number of nitrogens with zero attached hydrogens (tertiary/aromatic N) is 2. The molecule has 1 saturated heterocycles. The third kappa shape index (κ3) is 2.57. The third-order valence-electron chi connectivity index (χ3n) is 3.41. The van der Waals surface area contributed by atoms with Crippen LogP contribution in [0.5, 0.6) is 0 Å². The van der Waals surface area contributed by atoms with Crippen LogP contribution in [0.4, 0.5) is 5.82 Å². The number of hydrogen-bond donors (Lipinski definition) is 1. The topological polar surface area (TPSA) is 59.2 Å². The van der Waals surface area contributed by atoms with Crippen molar-refractivity contribution in [3.63, 3.8) is 0 Å². The Balaban J connectivity index is 2.15. The first kappa shape index (κ1) is 11.9. The van der Waals surface area contributed by atoms with Crippen molar-refractivity contribution in [1.82, 2.24) is 9.88 Å². The van der Waals surface area contributed by atoms with Gasteiger partial charge in [-0.15, -0.1) is 0 Å². The van der Waals surface area contributed by atoms with Crippen LogP contribution in [0, 0.1) is 5.92 Å². The summed E-state index contributed by atoms with van der Waals surface area (Å²) in [5.41, 5.74) is 6.14. The second-order valence-corrected chi connectivity index (χ2v) is 4.96. The second kappa shape index (κ2) is 4.73. The Morgan fingerprint density at radius 1 is 1.41 bits per heavy atom. The van der Waals surface area contributed by atoms with Gasteiger partial charge in [0.2, 0.25) is 0 Å². The van der Waals surface area contributed by atoms with E-state index in [0.29, 0.717) is 23.3 Å². The quantitative estimate of drug-likeness (QED) is 0.806. The maximum atomic E-state index is 12.3.